The van der Waals surface area contributed by atoms with Gasteiger partial charge in [0.15, 0.2) is 5.76 Å². The molecule has 144 valence electrons. The fourth-order valence-corrected chi connectivity index (χ4v) is 3.00. The molecule has 2 heterocycles. The molecular weight excluding hydrogens is 388 g/mol. The average Bonchev–Trinajstić information content (AvgIpc) is 3.16. The Balaban J connectivity index is 1.66. The van der Waals surface area contributed by atoms with Crippen molar-refractivity contribution in [3.63, 3.8) is 0 Å². The molecule has 7 heteroatoms. The van der Waals surface area contributed by atoms with Gasteiger partial charge in [-0.3, -0.25) is 9.78 Å². The molecule has 2 aromatic heterocycles. The SMILES string of the molecule is Cc1cc(/C(=C/Nc2cccc3cnccc23)C(=O)Nc2ccc(Cl)cc2)on1. The Morgan fingerprint density at radius 1 is 1.14 bits per heavy atom. The molecule has 0 bridgehead atoms. The van der Waals surface area contributed by atoms with Crippen molar-refractivity contribution in [1.82, 2.24) is 10.1 Å². The monoisotopic (exact) mass is 404 g/mol. The number of fused-ring (bicyclic) bond motifs is 1. The summed E-state index contributed by atoms with van der Waals surface area (Å²) in [7, 11) is 0. The minimum atomic E-state index is -0.335. The average molecular weight is 405 g/mol. The van der Waals surface area contributed by atoms with Gasteiger partial charge in [-0.15, -0.1) is 0 Å². The Kier molecular flexibility index (Phi) is 5.27. The quantitative estimate of drug-likeness (QED) is 0.442. The summed E-state index contributed by atoms with van der Waals surface area (Å²) in [6.07, 6.45) is 5.13. The van der Waals surface area contributed by atoms with Gasteiger partial charge in [0, 0.05) is 51.8 Å². The van der Waals surface area contributed by atoms with E-state index in [2.05, 4.69) is 20.8 Å². The van der Waals surface area contributed by atoms with E-state index in [-0.39, 0.29) is 5.91 Å². The summed E-state index contributed by atoms with van der Waals surface area (Å²) < 4.78 is 5.33. The van der Waals surface area contributed by atoms with Gasteiger partial charge in [0.25, 0.3) is 5.91 Å². The predicted molar refractivity (Wildman–Crippen MR) is 115 cm³/mol. The summed E-state index contributed by atoms with van der Waals surface area (Å²) >= 11 is 5.91. The second-order valence-electron chi connectivity index (χ2n) is 6.40. The van der Waals surface area contributed by atoms with Crippen LogP contribution < -0.4 is 10.6 Å². The summed E-state index contributed by atoms with van der Waals surface area (Å²) in [5.41, 5.74) is 2.46. The number of aryl methyl sites for hydroxylation is 1. The van der Waals surface area contributed by atoms with E-state index in [4.69, 9.17) is 16.1 Å². The molecule has 0 aliphatic heterocycles. The molecule has 2 N–H and O–H groups in total. The van der Waals surface area contributed by atoms with Crippen LogP contribution in [0.2, 0.25) is 5.02 Å². The summed E-state index contributed by atoms with van der Waals surface area (Å²) in [5, 5.41) is 12.5. The number of nitrogens with one attached hydrogen (secondary N) is 2. The Morgan fingerprint density at radius 3 is 2.72 bits per heavy atom. The highest BCUT2D eigenvalue weighted by molar-refractivity contribution is 6.30. The number of benzene rings is 2. The first-order chi connectivity index (χ1) is 14.1. The van der Waals surface area contributed by atoms with Gasteiger partial charge in [-0.1, -0.05) is 28.9 Å². The molecule has 0 radical (unpaired) electrons. The van der Waals surface area contributed by atoms with E-state index in [0.717, 1.165) is 16.5 Å². The molecule has 0 spiro atoms. The van der Waals surface area contributed by atoms with Gasteiger partial charge < -0.3 is 15.2 Å². The number of hydrogen-bond donors (Lipinski definition) is 2. The zero-order valence-electron chi connectivity index (χ0n) is 15.5. The maximum absolute atomic E-state index is 12.9. The normalized spacial score (nSPS) is 11.4. The molecule has 0 saturated heterocycles. The van der Waals surface area contributed by atoms with Gasteiger partial charge in [0.1, 0.15) is 5.57 Å². The number of carbonyl (C=O) groups excluding carboxylic acids is 1. The fraction of sp³-hybridized carbons (Fsp3) is 0.0455. The maximum atomic E-state index is 12.9. The van der Waals surface area contributed by atoms with Crippen molar-refractivity contribution in [2.45, 2.75) is 6.92 Å². The van der Waals surface area contributed by atoms with Crippen LogP contribution in [0.4, 0.5) is 11.4 Å². The summed E-state index contributed by atoms with van der Waals surface area (Å²) in [6.45, 7) is 1.80. The van der Waals surface area contributed by atoms with Crippen LogP contribution in [0.3, 0.4) is 0 Å². The lowest BCUT2D eigenvalue weighted by Gasteiger charge is -2.09. The number of halogens is 1. The van der Waals surface area contributed by atoms with Crippen LogP contribution in [0.15, 0.2) is 77.7 Å². The number of carbonyl (C=O) groups is 1. The number of amides is 1. The molecule has 0 fully saturated rings. The zero-order chi connectivity index (χ0) is 20.2. The molecule has 29 heavy (non-hydrogen) atoms. The maximum Gasteiger partial charge on any atom is 0.261 e. The molecule has 0 aliphatic rings. The minimum Gasteiger partial charge on any atom is -0.360 e. The highest BCUT2D eigenvalue weighted by Gasteiger charge is 2.17. The molecule has 6 nitrogen and oxygen atoms in total. The number of pyridine rings is 1. The van der Waals surface area contributed by atoms with Crippen LogP contribution in [0.5, 0.6) is 0 Å². The zero-order valence-corrected chi connectivity index (χ0v) is 16.3. The van der Waals surface area contributed by atoms with E-state index >= 15 is 0 Å². The third kappa shape index (κ3) is 4.28. The van der Waals surface area contributed by atoms with Gasteiger partial charge in [0.05, 0.1) is 5.69 Å². The molecule has 0 saturated carbocycles. The van der Waals surface area contributed by atoms with E-state index in [0.29, 0.717) is 27.7 Å². The van der Waals surface area contributed by atoms with E-state index in [1.165, 1.54) is 0 Å². The lowest BCUT2D eigenvalue weighted by atomic mass is 10.1. The lowest BCUT2D eigenvalue weighted by molar-refractivity contribution is -0.111. The van der Waals surface area contributed by atoms with Crippen LogP contribution in [0.1, 0.15) is 11.5 Å². The van der Waals surface area contributed by atoms with Gasteiger partial charge in [-0.25, -0.2) is 0 Å². The van der Waals surface area contributed by atoms with Crippen LogP contribution in [0, 0.1) is 6.92 Å². The van der Waals surface area contributed by atoms with Gasteiger partial charge in [-0.2, -0.15) is 0 Å². The van der Waals surface area contributed by atoms with Crippen LogP contribution in [0.25, 0.3) is 16.3 Å². The van der Waals surface area contributed by atoms with Crippen molar-refractivity contribution in [1.29, 1.82) is 0 Å². The van der Waals surface area contributed by atoms with E-state index in [9.17, 15) is 4.79 Å². The molecule has 0 atom stereocenters. The van der Waals surface area contributed by atoms with Crippen LogP contribution in [-0.4, -0.2) is 16.0 Å². The Hall–Kier alpha value is -3.64. The second kappa shape index (κ2) is 8.16. The predicted octanol–water partition coefficient (Wildman–Crippen LogP) is 5.28. The van der Waals surface area contributed by atoms with Crippen molar-refractivity contribution in [2.75, 3.05) is 10.6 Å². The highest BCUT2D eigenvalue weighted by atomic mass is 35.5. The summed E-state index contributed by atoms with van der Waals surface area (Å²) in [4.78, 5) is 17.1. The molecule has 4 aromatic rings. The van der Waals surface area contributed by atoms with Crippen LogP contribution in [-0.2, 0) is 4.79 Å². The third-order valence-electron chi connectivity index (χ3n) is 4.29. The van der Waals surface area contributed by atoms with Crippen molar-refractivity contribution >= 4 is 45.2 Å². The highest BCUT2D eigenvalue weighted by Crippen LogP contribution is 2.24. The van der Waals surface area contributed by atoms with Crippen molar-refractivity contribution in [3.05, 3.63) is 89.7 Å². The Morgan fingerprint density at radius 2 is 1.97 bits per heavy atom. The molecule has 0 unspecified atom stereocenters. The number of rotatable bonds is 5. The smallest absolute Gasteiger partial charge is 0.261 e. The molecular formula is C22H17ClN4O2. The lowest BCUT2D eigenvalue weighted by Crippen LogP contribution is -2.14. The van der Waals surface area contributed by atoms with E-state index in [1.807, 2.05) is 24.3 Å². The van der Waals surface area contributed by atoms with Gasteiger partial charge in [0.2, 0.25) is 0 Å². The third-order valence-corrected chi connectivity index (χ3v) is 4.54. The first-order valence-electron chi connectivity index (χ1n) is 8.90. The number of hydrogen-bond acceptors (Lipinski definition) is 5. The largest absolute Gasteiger partial charge is 0.360 e. The number of anilines is 2. The van der Waals surface area contributed by atoms with Crippen molar-refractivity contribution < 1.29 is 9.32 Å². The Labute approximate surface area is 172 Å². The summed E-state index contributed by atoms with van der Waals surface area (Å²) in [5.74, 6) is 0.0289. The van der Waals surface area contributed by atoms with E-state index in [1.54, 1.807) is 55.8 Å². The summed E-state index contributed by atoms with van der Waals surface area (Å²) in [6, 6.07) is 16.3. The standard InChI is InChI=1S/C22H17ClN4O2/c1-14-11-21(29-27-14)19(22(28)26-17-7-5-16(23)6-8-17)13-25-20-4-2-3-15-12-24-10-9-18(15)20/h2-13,25H,1H3,(H,26,28)/b19-13-. The minimum absolute atomic E-state index is 0.312. The molecule has 2 aromatic carbocycles. The molecule has 1 amide bonds. The number of aromatic nitrogens is 2. The Bertz CT molecular complexity index is 1190. The second-order valence-corrected chi connectivity index (χ2v) is 6.83. The van der Waals surface area contributed by atoms with Gasteiger partial charge >= 0.3 is 0 Å². The first-order valence-corrected chi connectivity index (χ1v) is 9.28. The molecule has 0 aliphatic carbocycles. The molecule has 4 rings (SSSR count). The van der Waals surface area contributed by atoms with Crippen LogP contribution >= 0.6 is 11.6 Å². The number of nitrogens with zero attached hydrogens (tertiary/aromatic N) is 2. The van der Waals surface area contributed by atoms with E-state index < -0.39 is 0 Å². The fourth-order valence-electron chi connectivity index (χ4n) is 2.87. The topological polar surface area (TPSA) is 80.0 Å². The van der Waals surface area contributed by atoms with Gasteiger partial charge in [-0.05, 0) is 43.3 Å². The van der Waals surface area contributed by atoms with Crippen molar-refractivity contribution in [2.24, 2.45) is 0 Å². The first kappa shape index (κ1) is 18.7. The van der Waals surface area contributed by atoms with Crippen molar-refractivity contribution in [3.8, 4) is 0 Å².